The van der Waals surface area contributed by atoms with E-state index in [0.717, 1.165) is 54.8 Å². The molecule has 1 aliphatic heterocycles. The zero-order chi connectivity index (χ0) is 22.8. The smallest absolute Gasteiger partial charge is 0.176 e. The van der Waals surface area contributed by atoms with Gasteiger partial charge in [0.15, 0.2) is 5.78 Å². The van der Waals surface area contributed by atoms with Crippen molar-refractivity contribution in [2.24, 2.45) is 11.8 Å². The fraction of sp³-hybridized carbons (Fsp3) is 0.345. The maximum Gasteiger partial charge on any atom is 0.176 e. The van der Waals surface area contributed by atoms with E-state index in [2.05, 4.69) is 17.0 Å². The summed E-state index contributed by atoms with van der Waals surface area (Å²) in [6.07, 6.45) is 2.36. The SMILES string of the molecule is COc1cccc(-c2cccc(C(=O)CN3C[C@@H]4C[C@](O)(Cc5ccccc5)C[C@@H]4C3)c2)c1. The average Bonchev–Trinajstić information content (AvgIpc) is 3.33. The number of carbonyl (C=O) groups is 1. The Morgan fingerprint density at radius 1 is 0.939 bits per heavy atom. The highest BCUT2D eigenvalue weighted by Crippen LogP contribution is 2.45. The molecule has 2 fully saturated rings. The Balaban J connectivity index is 1.20. The molecule has 170 valence electrons. The van der Waals surface area contributed by atoms with Crippen molar-refractivity contribution >= 4 is 5.78 Å². The van der Waals surface area contributed by atoms with Crippen molar-refractivity contribution < 1.29 is 14.6 Å². The number of carbonyl (C=O) groups excluding carboxylic acids is 1. The van der Waals surface area contributed by atoms with Gasteiger partial charge in [-0.2, -0.15) is 0 Å². The van der Waals surface area contributed by atoms with Gasteiger partial charge in [0, 0.05) is 25.1 Å². The van der Waals surface area contributed by atoms with Crippen LogP contribution in [0.5, 0.6) is 5.75 Å². The van der Waals surface area contributed by atoms with Gasteiger partial charge in [-0.25, -0.2) is 0 Å². The number of likely N-dealkylation sites (tertiary alicyclic amines) is 1. The van der Waals surface area contributed by atoms with Gasteiger partial charge in [-0.05, 0) is 59.6 Å². The van der Waals surface area contributed by atoms with Crippen LogP contribution in [0.15, 0.2) is 78.9 Å². The maximum atomic E-state index is 13.1. The second kappa shape index (κ2) is 9.12. The van der Waals surface area contributed by atoms with Gasteiger partial charge >= 0.3 is 0 Å². The van der Waals surface area contributed by atoms with E-state index in [9.17, 15) is 9.90 Å². The van der Waals surface area contributed by atoms with Crippen LogP contribution in [0.1, 0.15) is 28.8 Å². The van der Waals surface area contributed by atoms with Gasteiger partial charge in [-0.15, -0.1) is 0 Å². The summed E-state index contributed by atoms with van der Waals surface area (Å²) in [4.78, 5) is 15.4. The molecule has 33 heavy (non-hydrogen) atoms. The molecule has 3 aromatic rings. The lowest BCUT2D eigenvalue weighted by Gasteiger charge is -2.26. The van der Waals surface area contributed by atoms with E-state index < -0.39 is 5.60 Å². The highest BCUT2D eigenvalue weighted by Gasteiger charge is 2.48. The molecule has 5 rings (SSSR count). The molecule has 2 aliphatic rings. The number of rotatable bonds is 7. The lowest BCUT2D eigenvalue weighted by atomic mass is 9.91. The molecule has 0 amide bonds. The van der Waals surface area contributed by atoms with Gasteiger partial charge in [-0.1, -0.05) is 60.7 Å². The van der Waals surface area contributed by atoms with E-state index in [1.807, 2.05) is 66.7 Å². The molecule has 3 aromatic carbocycles. The summed E-state index contributed by atoms with van der Waals surface area (Å²) >= 11 is 0. The van der Waals surface area contributed by atoms with Crippen molar-refractivity contribution in [1.29, 1.82) is 0 Å². The van der Waals surface area contributed by atoms with Gasteiger partial charge in [0.1, 0.15) is 5.75 Å². The fourth-order valence-corrected chi connectivity index (χ4v) is 5.78. The maximum absolute atomic E-state index is 13.1. The summed E-state index contributed by atoms with van der Waals surface area (Å²) in [6.45, 7) is 2.22. The Bertz CT molecular complexity index is 1110. The molecule has 0 aromatic heterocycles. The lowest BCUT2D eigenvalue weighted by molar-refractivity contribution is 0.0355. The minimum absolute atomic E-state index is 0.152. The molecule has 1 saturated carbocycles. The molecule has 0 bridgehead atoms. The zero-order valence-electron chi connectivity index (χ0n) is 19.1. The second-order valence-corrected chi connectivity index (χ2v) is 9.75. The lowest BCUT2D eigenvalue weighted by Crippen LogP contribution is -2.34. The van der Waals surface area contributed by atoms with Gasteiger partial charge in [-0.3, -0.25) is 9.69 Å². The standard InChI is InChI=1S/C29H31NO3/c1-33-27-12-6-10-23(14-27)22-9-5-11-24(13-22)28(31)20-30-18-25-16-29(32,17-26(25)19-30)15-21-7-3-2-4-8-21/h2-14,25-26,32H,15-20H2,1H3/t25-,26+,29+. The van der Waals surface area contributed by atoms with Crippen LogP contribution < -0.4 is 4.74 Å². The second-order valence-electron chi connectivity index (χ2n) is 9.75. The van der Waals surface area contributed by atoms with Gasteiger partial charge < -0.3 is 9.84 Å². The first-order chi connectivity index (χ1) is 16.0. The van der Waals surface area contributed by atoms with Crippen molar-refractivity contribution in [3.8, 4) is 16.9 Å². The predicted molar refractivity (Wildman–Crippen MR) is 131 cm³/mol. The van der Waals surface area contributed by atoms with Gasteiger partial charge in [0.25, 0.3) is 0 Å². The third-order valence-electron chi connectivity index (χ3n) is 7.27. The monoisotopic (exact) mass is 441 g/mol. The predicted octanol–water partition coefficient (Wildman–Crippen LogP) is 4.86. The number of benzene rings is 3. The van der Waals surface area contributed by atoms with Crippen molar-refractivity contribution in [2.45, 2.75) is 24.9 Å². The van der Waals surface area contributed by atoms with Crippen LogP contribution in [0, 0.1) is 11.8 Å². The van der Waals surface area contributed by atoms with Crippen LogP contribution in [0.2, 0.25) is 0 Å². The van der Waals surface area contributed by atoms with E-state index in [-0.39, 0.29) is 5.78 Å². The molecule has 0 unspecified atom stereocenters. The summed E-state index contributed by atoms with van der Waals surface area (Å²) in [5.74, 6) is 1.89. The number of nitrogens with zero attached hydrogens (tertiary/aromatic N) is 1. The first kappa shape index (κ1) is 21.9. The third kappa shape index (κ3) is 4.87. The van der Waals surface area contributed by atoms with Crippen molar-refractivity contribution in [2.75, 3.05) is 26.7 Å². The normalized spacial score (nSPS) is 24.5. The summed E-state index contributed by atoms with van der Waals surface area (Å²) in [5.41, 5.74) is 3.38. The van der Waals surface area contributed by atoms with Crippen molar-refractivity contribution in [1.82, 2.24) is 4.90 Å². The molecule has 1 heterocycles. The number of ether oxygens (including phenoxy) is 1. The minimum atomic E-state index is -0.613. The molecule has 1 aliphatic carbocycles. The Morgan fingerprint density at radius 3 is 2.30 bits per heavy atom. The Labute approximate surface area is 195 Å². The number of hydrogen-bond donors (Lipinski definition) is 1. The number of ketones is 1. The molecule has 1 N–H and O–H groups in total. The average molecular weight is 442 g/mol. The summed E-state index contributed by atoms with van der Waals surface area (Å²) in [7, 11) is 1.66. The van der Waals surface area contributed by atoms with Crippen molar-refractivity contribution in [3.63, 3.8) is 0 Å². The summed E-state index contributed by atoms with van der Waals surface area (Å²) < 4.78 is 5.34. The van der Waals surface area contributed by atoms with E-state index in [0.29, 0.717) is 18.4 Å². The Morgan fingerprint density at radius 2 is 1.61 bits per heavy atom. The molecule has 4 nitrogen and oxygen atoms in total. The van der Waals surface area contributed by atoms with Gasteiger partial charge in [0.2, 0.25) is 0 Å². The third-order valence-corrected chi connectivity index (χ3v) is 7.27. The van der Waals surface area contributed by atoms with Crippen LogP contribution in [0.3, 0.4) is 0 Å². The van der Waals surface area contributed by atoms with Gasteiger partial charge in [0.05, 0.1) is 19.3 Å². The fourth-order valence-electron chi connectivity index (χ4n) is 5.78. The molecular formula is C29H31NO3. The zero-order valence-corrected chi connectivity index (χ0v) is 19.1. The van der Waals surface area contributed by atoms with E-state index in [1.54, 1.807) is 7.11 Å². The van der Waals surface area contributed by atoms with Crippen LogP contribution in [0.25, 0.3) is 11.1 Å². The number of Topliss-reactive ketones (excluding diaryl/α,β-unsaturated/α-hetero) is 1. The Kier molecular flexibility index (Phi) is 6.05. The highest BCUT2D eigenvalue weighted by molar-refractivity contribution is 5.98. The van der Waals surface area contributed by atoms with E-state index in [4.69, 9.17) is 4.74 Å². The molecule has 1 saturated heterocycles. The summed E-state index contributed by atoms with van der Waals surface area (Å²) in [6, 6.07) is 26.0. The largest absolute Gasteiger partial charge is 0.497 e. The molecule has 4 heteroatoms. The molecule has 0 spiro atoms. The van der Waals surface area contributed by atoms with E-state index in [1.165, 1.54) is 5.56 Å². The number of aliphatic hydroxyl groups is 1. The first-order valence-corrected chi connectivity index (χ1v) is 11.8. The summed E-state index contributed by atoms with van der Waals surface area (Å²) in [5, 5.41) is 11.2. The highest BCUT2D eigenvalue weighted by atomic mass is 16.5. The molecular weight excluding hydrogens is 410 g/mol. The molecule has 3 atom stereocenters. The molecule has 0 radical (unpaired) electrons. The van der Waals surface area contributed by atoms with Crippen LogP contribution in [0.4, 0.5) is 0 Å². The minimum Gasteiger partial charge on any atom is -0.497 e. The number of fused-ring (bicyclic) bond motifs is 1. The Hall–Kier alpha value is -2.95. The van der Waals surface area contributed by atoms with Crippen LogP contribution in [-0.2, 0) is 6.42 Å². The topological polar surface area (TPSA) is 49.8 Å². The quantitative estimate of drug-likeness (QED) is 0.532. The number of hydrogen-bond acceptors (Lipinski definition) is 4. The van der Waals surface area contributed by atoms with Crippen LogP contribution in [-0.4, -0.2) is 48.1 Å². The van der Waals surface area contributed by atoms with Crippen LogP contribution >= 0.6 is 0 Å². The van der Waals surface area contributed by atoms with Crippen molar-refractivity contribution in [3.05, 3.63) is 90.0 Å². The van der Waals surface area contributed by atoms with E-state index >= 15 is 0 Å². The number of methoxy groups -OCH3 is 1. The first-order valence-electron chi connectivity index (χ1n) is 11.8.